The molecule has 0 unspecified atom stereocenters. The fraction of sp³-hybridized carbons (Fsp3) is 0.263. The van der Waals surface area contributed by atoms with Crippen LogP contribution in [0.4, 0.5) is 0 Å². The smallest absolute Gasteiger partial charge is 0.138 e. The highest BCUT2D eigenvalue weighted by molar-refractivity contribution is 5.79. The van der Waals surface area contributed by atoms with Gasteiger partial charge in [-0.2, -0.15) is 5.26 Å². The minimum absolute atomic E-state index is 0.631. The molecule has 0 saturated heterocycles. The molecule has 0 radical (unpaired) electrons. The second-order valence-electron chi connectivity index (χ2n) is 5.44. The maximum atomic E-state index is 8.48. The van der Waals surface area contributed by atoms with Crippen molar-refractivity contribution in [3.05, 3.63) is 48.5 Å². The first-order valence-electron chi connectivity index (χ1n) is 7.92. The van der Waals surface area contributed by atoms with Crippen molar-refractivity contribution < 1.29 is 4.74 Å². The molecule has 2 aromatic carbocycles. The average Bonchev–Trinajstić information content (AvgIpc) is 3.02. The normalized spacial score (nSPS) is 10.6. The van der Waals surface area contributed by atoms with Gasteiger partial charge in [0.05, 0.1) is 23.7 Å². The monoisotopic (exact) mass is 305 g/mol. The number of imidazole rings is 1. The molecule has 0 amide bonds. The number of rotatable bonds is 7. The summed E-state index contributed by atoms with van der Waals surface area (Å²) in [6.07, 6.45) is 3.59. The Kier molecular flexibility index (Phi) is 4.90. The van der Waals surface area contributed by atoms with Crippen molar-refractivity contribution >= 4 is 11.0 Å². The van der Waals surface area contributed by atoms with Gasteiger partial charge in [0, 0.05) is 12.0 Å². The van der Waals surface area contributed by atoms with E-state index in [1.54, 1.807) is 0 Å². The Morgan fingerprint density at radius 3 is 2.61 bits per heavy atom. The van der Waals surface area contributed by atoms with Crippen LogP contribution in [-0.2, 0) is 0 Å². The van der Waals surface area contributed by atoms with Crippen LogP contribution in [0.25, 0.3) is 22.4 Å². The summed E-state index contributed by atoms with van der Waals surface area (Å²) >= 11 is 0. The lowest BCUT2D eigenvalue weighted by atomic mass is 10.2. The van der Waals surface area contributed by atoms with E-state index in [1.165, 1.54) is 0 Å². The van der Waals surface area contributed by atoms with E-state index in [1.807, 2.05) is 48.5 Å². The molecule has 0 fully saturated rings. The van der Waals surface area contributed by atoms with E-state index in [0.29, 0.717) is 13.0 Å². The molecular formula is C19H19N3O. The van der Waals surface area contributed by atoms with Crippen molar-refractivity contribution in [2.24, 2.45) is 0 Å². The second kappa shape index (κ2) is 7.46. The molecule has 1 N–H and O–H groups in total. The van der Waals surface area contributed by atoms with Crippen molar-refractivity contribution in [3.63, 3.8) is 0 Å². The van der Waals surface area contributed by atoms with E-state index in [2.05, 4.69) is 16.0 Å². The highest BCUT2D eigenvalue weighted by Gasteiger charge is 2.04. The molecule has 3 aromatic rings. The van der Waals surface area contributed by atoms with Gasteiger partial charge >= 0.3 is 0 Å². The number of nitriles is 1. The summed E-state index contributed by atoms with van der Waals surface area (Å²) in [5, 5.41) is 8.48. The fourth-order valence-corrected chi connectivity index (χ4v) is 2.47. The van der Waals surface area contributed by atoms with E-state index < -0.39 is 0 Å². The van der Waals surface area contributed by atoms with E-state index in [0.717, 1.165) is 47.4 Å². The quantitative estimate of drug-likeness (QED) is 0.644. The number of benzene rings is 2. The summed E-state index contributed by atoms with van der Waals surface area (Å²) in [5.41, 5.74) is 3.06. The standard InChI is InChI=1S/C19H19N3O/c20-13-5-1-2-6-14-23-16-11-9-15(10-12-16)19-21-17-7-3-4-8-18(17)22-19/h3-4,7-12H,1-2,5-6,14H2,(H,21,22). The van der Waals surface area contributed by atoms with Gasteiger partial charge in [0.2, 0.25) is 0 Å². The number of aromatic amines is 1. The van der Waals surface area contributed by atoms with Crippen molar-refractivity contribution in [1.29, 1.82) is 5.26 Å². The first-order valence-corrected chi connectivity index (χ1v) is 7.92. The summed E-state index contributed by atoms with van der Waals surface area (Å²) in [6, 6.07) is 18.1. The Morgan fingerprint density at radius 2 is 1.83 bits per heavy atom. The zero-order valence-electron chi connectivity index (χ0n) is 13.0. The van der Waals surface area contributed by atoms with Crippen LogP contribution in [0, 0.1) is 11.3 Å². The van der Waals surface area contributed by atoms with Crippen LogP contribution in [0.2, 0.25) is 0 Å². The number of hydrogen-bond acceptors (Lipinski definition) is 3. The molecule has 0 saturated carbocycles. The van der Waals surface area contributed by atoms with E-state index >= 15 is 0 Å². The van der Waals surface area contributed by atoms with Gasteiger partial charge in [-0.25, -0.2) is 4.98 Å². The molecule has 0 aliphatic heterocycles. The van der Waals surface area contributed by atoms with Gasteiger partial charge in [-0.05, 0) is 55.7 Å². The molecule has 0 atom stereocenters. The van der Waals surface area contributed by atoms with Gasteiger partial charge in [0.1, 0.15) is 11.6 Å². The van der Waals surface area contributed by atoms with Crippen LogP contribution in [0.15, 0.2) is 48.5 Å². The van der Waals surface area contributed by atoms with Crippen molar-refractivity contribution in [2.75, 3.05) is 6.61 Å². The first kappa shape index (κ1) is 15.1. The average molecular weight is 305 g/mol. The lowest BCUT2D eigenvalue weighted by Gasteiger charge is -2.06. The van der Waals surface area contributed by atoms with Gasteiger partial charge in [0.25, 0.3) is 0 Å². The van der Waals surface area contributed by atoms with Crippen molar-refractivity contribution in [1.82, 2.24) is 9.97 Å². The lowest BCUT2D eigenvalue weighted by Crippen LogP contribution is -1.97. The van der Waals surface area contributed by atoms with Crippen LogP contribution < -0.4 is 4.74 Å². The van der Waals surface area contributed by atoms with Crippen molar-refractivity contribution in [3.8, 4) is 23.2 Å². The Morgan fingerprint density at radius 1 is 1.00 bits per heavy atom. The number of nitrogens with zero attached hydrogens (tertiary/aromatic N) is 2. The molecule has 23 heavy (non-hydrogen) atoms. The third-order valence-electron chi connectivity index (χ3n) is 3.72. The number of unbranched alkanes of at least 4 members (excludes halogenated alkanes) is 3. The molecule has 0 aliphatic rings. The molecule has 116 valence electrons. The second-order valence-corrected chi connectivity index (χ2v) is 5.44. The molecule has 1 aromatic heterocycles. The van der Waals surface area contributed by atoms with Crippen LogP contribution in [0.5, 0.6) is 5.75 Å². The number of aromatic nitrogens is 2. The molecule has 4 heteroatoms. The SMILES string of the molecule is N#CCCCCCOc1ccc(-c2nc3ccccc3[nH]2)cc1. The fourth-order valence-electron chi connectivity index (χ4n) is 2.47. The maximum absolute atomic E-state index is 8.48. The summed E-state index contributed by atoms with van der Waals surface area (Å²) in [4.78, 5) is 7.92. The van der Waals surface area contributed by atoms with Gasteiger partial charge in [0.15, 0.2) is 0 Å². The van der Waals surface area contributed by atoms with Gasteiger partial charge in [-0.15, -0.1) is 0 Å². The predicted molar refractivity (Wildman–Crippen MR) is 91.1 cm³/mol. The Hall–Kier alpha value is -2.80. The number of fused-ring (bicyclic) bond motifs is 1. The lowest BCUT2D eigenvalue weighted by molar-refractivity contribution is 0.305. The van der Waals surface area contributed by atoms with E-state index in [-0.39, 0.29) is 0 Å². The minimum Gasteiger partial charge on any atom is -0.494 e. The molecule has 0 spiro atoms. The zero-order valence-corrected chi connectivity index (χ0v) is 13.0. The molecule has 0 aliphatic carbocycles. The summed E-state index contributed by atoms with van der Waals surface area (Å²) in [6.45, 7) is 0.690. The molecule has 1 heterocycles. The summed E-state index contributed by atoms with van der Waals surface area (Å²) in [7, 11) is 0. The first-order chi connectivity index (χ1) is 11.4. The molecule has 4 nitrogen and oxygen atoms in total. The highest BCUT2D eigenvalue weighted by atomic mass is 16.5. The number of H-pyrrole nitrogens is 1. The largest absolute Gasteiger partial charge is 0.494 e. The van der Waals surface area contributed by atoms with E-state index in [9.17, 15) is 0 Å². The summed E-state index contributed by atoms with van der Waals surface area (Å²) in [5.74, 6) is 1.74. The molecule has 0 bridgehead atoms. The number of hydrogen-bond donors (Lipinski definition) is 1. The van der Waals surface area contributed by atoms with E-state index in [4.69, 9.17) is 10.00 Å². The topological polar surface area (TPSA) is 61.7 Å². The number of nitrogens with one attached hydrogen (secondary N) is 1. The van der Waals surface area contributed by atoms with Crippen LogP contribution in [-0.4, -0.2) is 16.6 Å². The Bertz CT molecular complexity index is 766. The number of para-hydroxylation sites is 2. The van der Waals surface area contributed by atoms with Gasteiger partial charge in [-0.3, -0.25) is 0 Å². The summed E-state index contributed by atoms with van der Waals surface area (Å²) < 4.78 is 5.72. The zero-order chi connectivity index (χ0) is 15.9. The number of ether oxygens (including phenoxy) is 1. The minimum atomic E-state index is 0.631. The highest BCUT2D eigenvalue weighted by Crippen LogP contribution is 2.22. The van der Waals surface area contributed by atoms with Crippen molar-refractivity contribution in [2.45, 2.75) is 25.7 Å². The third kappa shape index (κ3) is 3.89. The Labute approximate surface area is 135 Å². The van der Waals surface area contributed by atoms with Gasteiger partial charge in [-0.1, -0.05) is 12.1 Å². The van der Waals surface area contributed by atoms with Gasteiger partial charge < -0.3 is 9.72 Å². The van der Waals surface area contributed by atoms with Crippen LogP contribution in [0.1, 0.15) is 25.7 Å². The predicted octanol–water partition coefficient (Wildman–Crippen LogP) is 4.69. The third-order valence-corrected chi connectivity index (χ3v) is 3.72. The molecular weight excluding hydrogens is 286 g/mol. The maximum Gasteiger partial charge on any atom is 0.138 e. The Balaban J connectivity index is 1.57. The van der Waals surface area contributed by atoms with Crippen LogP contribution in [0.3, 0.4) is 0 Å². The molecule has 3 rings (SSSR count). The van der Waals surface area contributed by atoms with Crippen LogP contribution >= 0.6 is 0 Å².